The van der Waals surface area contributed by atoms with Gasteiger partial charge in [0.2, 0.25) is 0 Å². The summed E-state index contributed by atoms with van der Waals surface area (Å²) in [5.74, 6) is -0.373. The molecule has 2 heterocycles. The highest BCUT2D eigenvalue weighted by Crippen LogP contribution is 2.37. The van der Waals surface area contributed by atoms with Gasteiger partial charge in [0.05, 0.1) is 21.8 Å². The lowest BCUT2D eigenvalue weighted by atomic mass is 10.2. The van der Waals surface area contributed by atoms with E-state index < -0.39 is 4.92 Å². The van der Waals surface area contributed by atoms with E-state index in [1.54, 1.807) is 24.4 Å². The maximum Gasteiger partial charge on any atom is 0.270 e. The summed E-state index contributed by atoms with van der Waals surface area (Å²) in [4.78, 5) is 26.8. The predicted octanol–water partition coefficient (Wildman–Crippen LogP) is 4.11. The fraction of sp³-hybridized carbons (Fsp3) is 0. The standard InChI is InChI=1S/C14H8ClN3O3S/c15-12-10-4-3-9(18(20)21)6-11(10)22-13(12)14(19)17-8-2-1-5-16-7-8/h1-7H,(H,17,19). The summed E-state index contributed by atoms with van der Waals surface area (Å²) in [6, 6.07) is 7.73. The molecule has 0 spiro atoms. The van der Waals surface area contributed by atoms with Crippen LogP contribution >= 0.6 is 22.9 Å². The van der Waals surface area contributed by atoms with Crippen molar-refractivity contribution in [2.45, 2.75) is 0 Å². The number of nitro benzene ring substituents is 1. The lowest BCUT2D eigenvalue weighted by Gasteiger charge is -2.02. The van der Waals surface area contributed by atoms with Gasteiger partial charge < -0.3 is 5.32 Å². The minimum atomic E-state index is -0.484. The molecule has 0 saturated heterocycles. The molecule has 0 radical (unpaired) electrons. The Hall–Kier alpha value is -2.51. The van der Waals surface area contributed by atoms with Crippen LogP contribution in [0.4, 0.5) is 11.4 Å². The van der Waals surface area contributed by atoms with Gasteiger partial charge in [-0.2, -0.15) is 0 Å². The number of aromatic nitrogens is 1. The lowest BCUT2D eigenvalue weighted by molar-refractivity contribution is -0.384. The number of amides is 1. The number of nitrogens with one attached hydrogen (secondary N) is 1. The van der Waals surface area contributed by atoms with Crippen molar-refractivity contribution in [1.29, 1.82) is 0 Å². The Morgan fingerprint density at radius 2 is 2.18 bits per heavy atom. The molecule has 0 saturated carbocycles. The number of halogens is 1. The molecule has 3 rings (SSSR count). The van der Waals surface area contributed by atoms with Crippen LogP contribution in [0.15, 0.2) is 42.7 Å². The third kappa shape index (κ3) is 2.63. The highest BCUT2D eigenvalue weighted by molar-refractivity contribution is 7.21. The Labute approximate surface area is 133 Å². The van der Waals surface area contributed by atoms with Gasteiger partial charge in [0.15, 0.2) is 0 Å². The molecule has 3 aromatic rings. The number of carbonyl (C=O) groups excluding carboxylic acids is 1. The van der Waals surface area contributed by atoms with Crippen LogP contribution in [0.5, 0.6) is 0 Å². The SMILES string of the molecule is O=C(Nc1cccnc1)c1sc2cc([N+](=O)[O-])ccc2c1Cl. The van der Waals surface area contributed by atoms with E-state index in [0.29, 0.717) is 20.7 Å². The second-order valence-electron chi connectivity index (χ2n) is 4.38. The number of non-ortho nitro benzene ring substituents is 1. The zero-order valence-electron chi connectivity index (χ0n) is 10.9. The van der Waals surface area contributed by atoms with Crippen molar-refractivity contribution in [3.8, 4) is 0 Å². The fourth-order valence-corrected chi connectivity index (χ4v) is 3.38. The molecule has 110 valence electrons. The van der Waals surface area contributed by atoms with Crippen molar-refractivity contribution in [1.82, 2.24) is 4.98 Å². The summed E-state index contributed by atoms with van der Waals surface area (Å²) < 4.78 is 0.593. The van der Waals surface area contributed by atoms with Crippen LogP contribution in [0.2, 0.25) is 5.02 Å². The molecule has 0 fully saturated rings. The van der Waals surface area contributed by atoms with Crippen molar-refractivity contribution in [2.75, 3.05) is 5.32 Å². The molecule has 0 unspecified atom stereocenters. The quantitative estimate of drug-likeness (QED) is 0.577. The summed E-state index contributed by atoms with van der Waals surface area (Å²) >= 11 is 7.33. The van der Waals surface area contributed by atoms with Gasteiger partial charge in [0.25, 0.3) is 11.6 Å². The van der Waals surface area contributed by atoms with E-state index in [1.165, 1.54) is 18.3 Å². The number of benzene rings is 1. The monoisotopic (exact) mass is 333 g/mol. The molecule has 1 aromatic carbocycles. The second kappa shape index (κ2) is 5.70. The first-order valence-corrected chi connectivity index (χ1v) is 7.33. The highest BCUT2D eigenvalue weighted by Gasteiger charge is 2.19. The van der Waals surface area contributed by atoms with Gasteiger partial charge in [-0.25, -0.2) is 0 Å². The van der Waals surface area contributed by atoms with E-state index in [9.17, 15) is 14.9 Å². The van der Waals surface area contributed by atoms with Gasteiger partial charge in [-0.05, 0) is 18.2 Å². The van der Waals surface area contributed by atoms with Gasteiger partial charge >= 0.3 is 0 Å². The van der Waals surface area contributed by atoms with E-state index in [0.717, 1.165) is 11.3 Å². The Morgan fingerprint density at radius 1 is 1.36 bits per heavy atom. The van der Waals surface area contributed by atoms with E-state index in [-0.39, 0.29) is 16.6 Å². The number of pyridine rings is 1. The van der Waals surface area contributed by atoms with Gasteiger partial charge in [-0.3, -0.25) is 19.9 Å². The molecular weight excluding hydrogens is 326 g/mol. The zero-order valence-corrected chi connectivity index (χ0v) is 12.5. The van der Waals surface area contributed by atoms with Crippen LogP contribution in [0.3, 0.4) is 0 Å². The van der Waals surface area contributed by atoms with E-state index >= 15 is 0 Å². The third-order valence-electron chi connectivity index (χ3n) is 2.95. The molecule has 0 atom stereocenters. The molecular formula is C14H8ClN3O3S. The van der Waals surface area contributed by atoms with Crippen LogP contribution in [0.1, 0.15) is 9.67 Å². The minimum Gasteiger partial charge on any atom is -0.320 e. The van der Waals surface area contributed by atoms with Crippen LogP contribution < -0.4 is 5.32 Å². The normalized spacial score (nSPS) is 10.6. The summed E-state index contributed by atoms with van der Waals surface area (Å²) in [7, 11) is 0. The number of nitro groups is 1. The number of anilines is 1. The number of rotatable bonds is 3. The van der Waals surface area contributed by atoms with Gasteiger partial charge in [-0.1, -0.05) is 11.6 Å². The zero-order chi connectivity index (χ0) is 15.7. The van der Waals surface area contributed by atoms with E-state index in [2.05, 4.69) is 10.3 Å². The van der Waals surface area contributed by atoms with E-state index in [4.69, 9.17) is 11.6 Å². The first-order valence-electron chi connectivity index (χ1n) is 6.14. The third-order valence-corrected chi connectivity index (χ3v) is 4.61. The van der Waals surface area contributed by atoms with Crippen molar-refractivity contribution >= 4 is 50.3 Å². The summed E-state index contributed by atoms with van der Waals surface area (Å²) in [5.41, 5.74) is 0.511. The smallest absolute Gasteiger partial charge is 0.270 e. The van der Waals surface area contributed by atoms with Crippen molar-refractivity contribution in [3.05, 3.63) is 62.7 Å². The van der Waals surface area contributed by atoms with Gasteiger partial charge in [-0.15, -0.1) is 11.3 Å². The fourth-order valence-electron chi connectivity index (χ4n) is 1.94. The molecule has 0 bridgehead atoms. The molecule has 0 aliphatic heterocycles. The number of hydrogen-bond acceptors (Lipinski definition) is 5. The molecule has 6 nitrogen and oxygen atoms in total. The molecule has 22 heavy (non-hydrogen) atoms. The van der Waals surface area contributed by atoms with Gasteiger partial charge in [0.1, 0.15) is 4.88 Å². The Morgan fingerprint density at radius 3 is 2.86 bits per heavy atom. The number of hydrogen-bond donors (Lipinski definition) is 1. The second-order valence-corrected chi connectivity index (χ2v) is 5.81. The van der Waals surface area contributed by atoms with E-state index in [1.807, 2.05) is 0 Å². The highest BCUT2D eigenvalue weighted by atomic mass is 35.5. The maximum atomic E-state index is 12.3. The number of fused-ring (bicyclic) bond motifs is 1. The molecule has 0 aliphatic rings. The Bertz CT molecular complexity index is 880. The topological polar surface area (TPSA) is 85.1 Å². The molecule has 1 amide bonds. The largest absolute Gasteiger partial charge is 0.320 e. The van der Waals surface area contributed by atoms with Crippen LogP contribution in [-0.2, 0) is 0 Å². The predicted molar refractivity (Wildman–Crippen MR) is 85.7 cm³/mol. The Balaban J connectivity index is 1.98. The molecule has 2 aromatic heterocycles. The van der Waals surface area contributed by atoms with Crippen LogP contribution in [0.25, 0.3) is 10.1 Å². The molecule has 8 heteroatoms. The molecule has 1 N–H and O–H groups in total. The number of thiophene rings is 1. The average Bonchev–Trinajstić information content (AvgIpc) is 2.85. The first-order chi connectivity index (χ1) is 10.6. The number of carbonyl (C=O) groups is 1. The van der Waals surface area contributed by atoms with Gasteiger partial charge in [0, 0.05) is 28.4 Å². The average molecular weight is 334 g/mol. The Kier molecular flexibility index (Phi) is 3.74. The maximum absolute atomic E-state index is 12.3. The van der Waals surface area contributed by atoms with Crippen molar-refractivity contribution < 1.29 is 9.72 Å². The van der Waals surface area contributed by atoms with Crippen LogP contribution in [-0.4, -0.2) is 15.8 Å². The number of nitrogens with zero attached hydrogens (tertiary/aromatic N) is 2. The summed E-state index contributed by atoms with van der Waals surface area (Å²) in [6.07, 6.45) is 3.12. The molecule has 0 aliphatic carbocycles. The van der Waals surface area contributed by atoms with Crippen molar-refractivity contribution in [3.63, 3.8) is 0 Å². The summed E-state index contributed by atoms with van der Waals surface area (Å²) in [5, 5.41) is 14.4. The van der Waals surface area contributed by atoms with Crippen molar-refractivity contribution in [2.24, 2.45) is 0 Å². The van der Waals surface area contributed by atoms with Crippen LogP contribution in [0, 0.1) is 10.1 Å². The summed E-state index contributed by atoms with van der Waals surface area (Å²) in [6.45, 7) is 0. The lowest BCUT2D eigenvalue weighted by Crippen LogP contribution is -2.10. The first kappa shape index (κ1) is 14.4. The minimum absolute atomic E-state index is 0.0374.